The molecule has 0 aliphatic rings. The van der Waals surface area contributed by atoms with Crippen molar-refractivity contribution in [2.75, 3.05) is 39.6 Å². The minimum absolute atomic E-state index is 0.0621. The molecule has 0 amide bonds. The molecule has 106 heavy (non-hydrogen) atoms. The molecule has 0 saturated heterocycles. The number of phosphoric acid groups is 2. The van der Waals surface area contributed by atoms with Crippen molar-refractivity contribution < 1.29 is 80.2 Å². The zero-order chi connectivity index (χ0) is 77.4. The van der Waals surface area contributed by atoms with Crippen molar-refractivity contribution in [2.24, 2.45) is 0 Å². The molecule has 0 aromatic rings. The minimum Gasteiger partial charge on any atom is -0.462 e. The molecule has 17 nitrogen and oxygen atoms in total. The number of ether oxygens (including phenoxy) is 4. The number of carbonyl (C=O) groups is 4. The van der Waals surface area contributed by atoms with E-state index in [0.29, 0.717) is 32.1 Å². The van der Waals surface area contributed by atoms with Crippen molar-refractivity contribution in [1.29, 1.82) is 0 Å². The number of aliphatic hydroxyl groups is 1. The monoisotopic (exact) mass is 1520 g/mol. The number of unbranched alkanes of at least 4 members (excludes halogenated alkanes) is 23. The van der Waals surface area contributed by atoms with Crippen LogP contribution in [0.15, 0.2) is 158 Å². The zero-order valence-corrected chi connectivity index (χ0v) is 67.8. The second-order valence-corrected chi connectivity index (χ2v) is 29.5. The third-order valence-electron chi connectivity index (χ3n) is 16.5. The van der Waals surface area contributed by atoms with Crippen molar-refractivity contribution in [2.45, 2.75) is 329 Å². The number of hydrogen-bond donors (Lipinski definition) is 3. The first kappa shape index (κ1) is 101. The zero-order valence-electron chi connectivity index (χ0n) is 66.1. The summed E-state index contributed by atoms with van der Waals surface area (Å²) < 4.78 is 68.6. The SMILES string of the molecule is CC/C=C\C/C=C\C/C=C\C/C=C\C/C=C\CCCC(=O)OCC(COP(=O)(O)OCC(O)COP(=O)(O)OCC(COC(=O)CCCCCCCCC/C=C\C/C=C\C/C=C\CC)OC(=O)CCCCCCCCC/C=C\C/C=C\C/C=C\CC)OC(=O)CCCCCCC/C=C\C/C=C\CCCCC. The van der Waals surface area contributed by atoms with Crippen molar-refractivity contribution >= 4 is 39.5 Å². The van der Waals surface area contributed by atoms with Gasteiger partial charge >= 0.3 is 39.5 Å². The summed E-state index contributed by atoms with van der Waals surface area (Å²) in [6, 6.07) is 0. The van der Waals surface area contributed by atoms with Gasteiger partial charge in [-0.3, -0.25) is 37.3 Å². The van der Waals surface area contributed by atoms with Crippen LogP contribution in [0.25, 0.3) is 0 Å². The molecule has 0 spiro atoms. The van der Waals surface area contributed by atoms with E-state index in [-0.39, 0.29) is 25.7 Å². The number of phosphoric ester groups is 2. The summed E-state index contributed by atoms with van der Waals surface area (Å²) >= 11 is 0. The van der Waals surface area contributed by atoms with Crippen molar-refractivity contribution in [3.63, 3.8) is 0 Å². The topological polar surface area (TPSA) is 237 Å². The molecule has 19 heteroatoms. The van der Waals surface area contributed by atoms with E-state index in [2.05, 4.69) is 174 Å². The average Bonchev–Trinajstić information content (AvgIpc) is 0.901. The van der Waals surface area contributed by atoms with E-state index >= 15 is 0 Å². The van der Waals surface area contributed by atoms with E-state index in [1.54, 1.807) is 0 Å². The maximum atomic E-state index is 13.1. The Morgan fingerprint density at radius 3 is 0.792 bits per heavy atom. The molecule has 0 rings (SSSR count). The highest BCUT2D eigenvalue weighted by atomic mass is 31.2. The average molecular weight is 1520 g/mol. The molecule has 5 atom stereocenters. The Morgan fingerprint density at radius 2 is 0.500 bits per heavy atom. The molecule has 0 heterocycles. The van der Waals surface area contributed by atoms with Crippen LogP contribution in [0.5, 0.6) is 0 Å². The van der Waals surface area contributed by atoms with Crippen LogP contribution in [0.1, 0.15) is 310 Å². The summed E-state index contributed by atoms with van der Waals surface area (Å²) in [5.41, 5.74) is 0. The van der Waals surface area contributed by atoms with Gasteiger partial charge in [0.1, 0.15) is 19.3 Å². The van der Waals surface area contributed by atoms with E-state index in [4.69, 9.17) is 37.0 Å². The van der Waals surface area contributed by atoms with Crippen molar-refractivity contribution in [3.05, 3.63) is 158 Å². The largest absolute Gasteiger partial charge is 0.472 e. The summed E-state index contributed by atoms with van der Waals surface area (Å²) in [5.74, 6) is -2.28. The number of carbonyl (C=O) groups excluding carboxylic acids is 4. The predicted octanol–water partition coefficient (Wildman–Crippen LogP) is 24.0. The Morgan fingerprint density at radius 1 is 0.274 bits per heavy atom. The van der Waals surface area contributed by atoms with Gasteiger partial charge in [0.05, 0.1) is 26.4 Å². The van der Waals surface area contributed by atoms with Crippen LogP contribution in [-0.4, -0.2) is 96.7 Å². The molecule has 604 valence electrons. The quantitative estimate of drug-likeness (QED) is 0.0169. The van der Waals surface area contributed by atoms with Gasteiger partial charge in [-0.2, -0.15) is 0 Å². The maximum Gasteiger partial charge on any atom is 0.472 e. The number of rotatable bonds is 75. The number of aliphatic hydroxyl groups excluding tert-OH is 1. The summed E-state index contributed by atoms with van der Waals surface area (Å²) in [7, 11) is -10.00. The molecular weight excluding hydrogens is 1380 g/mol. The van der Waals surface area contributed by atoms with Crippen LogP contribution >= 0.6 is 15.6 Å². The lowest BCUT2D eigenvalue weighted by Gasteiger charge is -2.21. The van der Waals surface area contributed by atoms with Gasteiger partial charge in [-0.25, -0.2) is 9.13 Å². The van der Waals surface area contributed by atoms with Gasteiger partial charge in [0.25, 0.3) is 0 Å². The highest BCUT2D eigenvalue weighted by Crippen LogP contribution is 2.45. The number of hydrogen-bond acceptors (Lipinski definition) is 15. The van der Waals surface area contributed by atoms with E-state index in [1.165, 1.54) is 19.3 Å². The molecule has 0 aromatic heterocycles. The Bertz CT molecular complexity index is 2630. The first-order valence-electron chi connectivity index (χ1n) is 40.7. The van der Waals surface area contributed by atoms with Gasteiger partial charge in [0.2, 0.25) is 0 Å². The minimum atomic E-state index is -5.00. The van der Waals surface area contributed by atoms with Crippen molar-refractivity contribution in [3.8, 4) is 0 Å². The molecule has 0 radical (unpaired) electrons. The van der Waals surface area contributed by atoms with Crippen LogP contribution in [0.4, 0.5) is 0 Å². The molecular formula is C87H144O17P2. The lowest BCUT2D eigenvalue weighted by atomic mass is 10.1. The Balaban J connectivity index is 5.45. The number of allylic oxidation sites excluding steroid dienone is 26. The van der Waals surface area contributed by atoms with Gasteiger partial charge in [0.15, 0.2) is 12.2 Å². The standard InChI is InChI=1S/C87H144O17P2/c1-5-9-13-17-21-25-29-33-37-40-44-47-51-55-59-63-67-71-84(89)97-77-82(103-86(91)73-69-65-61-57-53-49-43-36-32-28-24-20-16-12-8-4)79-101-105(93,94)99-75-81(88)76-100-106(95,96)102-80-83(104-87(92)74-70-66-62-58-54-50-46-42-39-35-31-27-23-19-15-11-7-3)78-98-85(90)72-68-64-60-56-52-48-45-41-38-34-30-26-22-18-14-10-6-2/h9-11,13-15,21-28,33-39,43-44,47,55,59,81-83,88H,5-8,12,16-20,29-32,40-42,45-46,48-54,56-58,60-80H2,1-4H3,(H,93,94)(H,95,96)/b13-9-,14-10-,15-11-,25-21-,26-22-,27-23-,28-24-,37-33-,38-34-,39-35-,43-36-,47-44-,59-55-. The van der Waals surface area contributed by atoms with Crippen LogP contribution in [0, 0.1) is 0 Å². The molecule has 0 aliphatic heterocycles. The van der Waals surface area contributed by atoms with E-state index in [1.807, 2.05) is 12.2 Å². The lowest BCUT2D eigenvalue weighted by molar-refractivity contribution is -0.161. The molecule has 0 bridgehead atoms. The smallest absolute Gasteiger partial charge is 0.462 e. The van der Waals surface area contributed by atoms with Crippen LogP contribution in [-0.2, 0) is 65.4 Å². The fraction of sp³-hybridized carbons (Fsp3) is 0.655. The van der Waals surface area contributed by atoms with Gasteiger partial charge in [-0.05, 0) is 161 Å². The van der Waals surface area contributed by atoms with E-state index < -0.39 is 97.5 Å². The van der Waals surface area contributed by atoms with Crippen LogP contribution < -0.4 is 0 Å². The van der Waals surface area contributed by atoms with Crippen LogP contribution in [0.2, 0.25) is 0 Å². The third kappa shape index (κ3) is 76.9. The summed E-state index contributed by atoms with van der Waals surface area (Å²) in [4.78, 5) is 73.1. The van der Waals surface area contributed by atoms with Crippen LogP contribution in [0.3, 0.4) is 0 Å². The first-order chi connectivity index (χ1) is 51.7. The molecule has 0 aromatic carbocycles. The second kappa shape index (κ2) is 77.8. The Kier molecular flexibility index (Phi) is 73.9. The second-order valence-electron chi connectivity index (χ2n) is 26.6. The highest BCUT2D eigenvalue weighted by molar-refractivity contribution is 7.47. The molecule has 5 unspecified atom stereocenters. The normalized spacial score (nSPS) is 14.7. The van der Waals surface area contributed by atoms with Gasteiger partial charge in [-0.15, -0.1) is 0 Å². The summed E-state index contributed by atoms with van der Waals surface area (Å²) in [5, 5.41) is 10.7. The predicted molar refractivity (Wildman–Crippen MR) is 436 cm³/mol. The van der Waals surface area contributed by atoms with E-state index in [0.717, 1.165) is 205 Å². The van der Waals surface area contributed by atoms with Gasteiger partial charge in [0, 0.05) is 25.7 Å². The summed E-state index contributed by atoms with van der Waals surface area (Å²) in [6.07, 6.45) is 90.7. The molecule has 0 fully saturated rings. The highest BCUT2D eigenvalue weighted by Gasteiger charge is 2.30. The van der Waals surface area contributed by atoms with Gasteiger partial charge < -0.3 is 33.8 Å². The van der Waals surface area contributed by atoms with Gasteiger partial charge in [-0.1, -0.05) is 282 Å². The fourth-order valence-corrected chi connectivity index (χ4v) is 12.0. The Labute approximate surface area is 642 Å². The first-order valence-corrected chi connectivity index (χ1v) is 43.7. The summed E-state index contributed by atoms with van der Waals surface area (Å²) in [6.45, 7) is 4.42. The van der Waals surface area contributed by atoms with Crippen molar-refractivity contribution in [1.82, 2.24) is 0 Å². The lowest BCUT2D eigenvalue weighted by Crippen LogP contribution is -2.30. The molecule has 0 aliphatic carbocycles. The third-order valence-corrected chi connectivity index (χ3v) is 18.4. The molecule has 3 N–H and O–H groups in total. The Hall–Kier alpha value is -5.32. The van der Waals surface area contributed by atoms with E-state index in [9.17, 15) is 43.2 Å². The molecule has 0 saturated carbocycles. The number of esters is 4. The maximum absolute atomic E-state index is 13.1. The fourth-order valence-electron chi connectivity index (χ4n) is 10.4.